The lowest BCUT2D eigenvalue weighted by atomic mass is 10.1. The van der Waals surface area contributed by atoms with Crippen molar-refractivity contribution in [2.24, 2.45) is 0 Å². The van der Waals surface area contributed by atoms with Crippen LogP contribution in [0.15, 0.2) is 41.3 Å². The van der Waals surface area contributed by atoms with Gasteiger partial charge in [-0.05, 0) is 30.3 Å². The van der Waals surface area contributed by atoms with Gasteiger partial charge in [-0.1, -0.05) is 0 Å². The van der Waals surface area contributed by atoms with Crippen LogP contribution in [-0.4, -0.2) is 34.0 Å². The molecule has 0 spiro atoms. The van der Waals surface area contributed by atoms with Crippen molar-refractivity contribution in [3.05, 3.63) is 64.0 Å². The van der Waals surface area contributed by atoms with Crippen molar-refractivity contribution in [2.75, 3.05) is 7.11 Å². The second kappa shape index (κ2) is 6.37. The standard InChI is InChI=1S/C16H13N3O5/c1-23-15(21)9-4-5-10-12(7-9)18-13(19-14(10)20)8-24-16(22)11-3-2-6-17-11/h2-7,17H,8H2,1H3,(H,18,19,20). The SMILES string of the molecule is COC(=O)c1ccc2c(=O)[nH]c(COC(=O)c3ccc[nH]3)nc2c1. The molecular weight excluding hydrogens is 314 g/mol. The first-order valence-electron chi connectivity index (χ1n) is 7.00. The summed E-state index contributed by atoms with van der Waals surface area (Å²) in [5.41, 5.74) is 0.499. The van der Waals surface area contributed by atoms with E-state index in [1.54, 1.807) is 18.3 Å². The third-order valence-corrected chi connectivity index (χ3v) is 3.33. The van der Waals surface area contributed by atoms with E-state index in [-0.39, 0.29) is 23.6 Å². The van der Waals surface area contributed by atoms with E-state index in [1.807, 2.05) is 0 Å². The van der Waals surface area contributed by atoms with Gasteiger partial charge in [-0.3, -0.25) is 4.79 Å². The molecule has 0 saturated carbocycles. The van der Waals surface area contributed by atoms with Crippen molar-refractivity contribution in [3.63, 3.8) is 0 Å². The van der Waals surface area contributed by atoms with Crippen LogP contribution in [0.5, 0.6) is 0 Å². The number of aromatic nitrogens is 3. The summed E-state index contributed by atoms with van der Waals surface area (Å²) in [7, 11) is 1.27. The minimum Gasteiger partial charge on any atom is -0.465 e. The van der Waals surface area contributed by atoms with Gasteiger partial charge in [0.2, 0.25) is 0 Å². The Labute approximate surface area is 135 Å². The molecule has 0 unspecified atom stereocenters. The first kappa shape index (κ1) is 15.5. The molecule has 2 N–H and O–H groups in total. The fourth-order valence-electron chi connectivity index (χ4n) is 2.17. The number of H-pyrrole nitrogens is 2. The van der Waals surface area contributed by atoms with Crippen LogP contribution in [0.3, 0.4) is 0 Å². The number of ether oxygens (including phenoxy) is 2. The van der Waals surface area contributed by atoms with Gasteiger partial charge in [-0.25, -0.2) is 14.6 Å². The molecule has 0 amide bonds. The predicted octanol–water partition coefficient (Wildman–Crippen LogP) is 1.39. The van der Waals surface area contributed by atoms with Crippen LogP contribution in [0.1, 0.15) is 26.7 Å². The van der Waals surface area contributed by atoms with Gasteiger partial charge in [0.15, 0.2) is 0 Å². The van der Waals surface area contributed by atoms with Crippen molar-refractivity contribution < 1.29 is 19.1 Å². The number of methoxy groups -OCH3 is 1. The third-order valence-electron chi connectivity index (χ3n) is 3.33. The number of carbonyl (C=O) groups is 2. The van der Waals surface area contributed by atoms with Crippen LogP contribution < -0.4 is 5.56 Å². The van der Waals surface area contributed by atoms with Crippen LogP contribution in [0, 0.1) is 0 Å². The number of benzene rings is 1. The smallest absolute Gasteiger partial charge is 0.355 e. The van der Waals surface area contributed by atoms with E-state index >= 15 is 0 Å². The Morgan fingerprint density at radius 3 is 2.75 bits per heavy atom. The minimum atomic E-state index is -0.564. The van der Waals surface area contributed by atoms with Crippen LogP contribution in [0.4, 0.5) is 0 Å². The van der Waals surface area contributed by atoms with Crippen molar-refractivity contribution in [2.45, 2.75) is 6.61 Å². The Hall–Kier alpha value is -3.42. The molecule has 8 heteroatoms. The van der Waals surface area contributed by atoms with E-state index in [0.29, 0.717) is 16.6 Å². The number of nitrogens with one attached hydrogen (secondary N) is 2. The van der Waals surface area contributed by atoms with Crippen molar-refractivity contribution in [1.82, 2.24) is 15.0 Å². The van der Waals surface area contributed by atoms with Gasteiger partial charge in [-0.15, -0.1) is 0 Å². The molecule has 0 atom stereocenters. The molecule has 0 saturated heterocycles. The van der Waals surface area contributed by atoms with Gasteiger partial charge in [0.05, 0.1) is 23.6 Å². The Morgan fingerprint density at radius 2 is 2.04 bits per heavy atom. The summed E-state index contributed by atoms with van der Waals surface area (Å²) in [6.07, 6.45) is 1.60. The van der Waals surface area contributed by atoms with E-state index in [2.05, 4.69) is 19.7 Å². The van der Waals surface area contributed by atoms with E-state index in [0.717, 1.165) is 0 Å². The largest absolute Gasteiger partial charge is 0.465 e. The van der Waals surface area contributed by atoms with Crippen molar-refractivity contribution in [3.8, 4) is 0 Å². The fraction of sp³-hybridized carbons (Fsp3) is 0.125. The monoisotopic (exact) mass is 327 g/mol. The average molecular weight is 327 g/mol. The number of aromatic amines is 2. The highest BCUT2D eigenvalue weighted by Gasteiger charge is 2.12. The first-order chi connectivity index (χ1) is 11.6. The number of carbonyl (C=O) groups excluding carboxylic acids is 2. The molecular formula is C16H13N3O5. The van der Waals surface area contributed by atoms with Gasteiger partial charge in [0.25, 0.3) is 5.56 Å². The highest BCUT2D eigenvalue weighted by molar-refractivity contribution is 5.94. The van der Waals surface area contributed by atoms with Crippen LogP contribution in [0.2, 0.25) is 0 Å². The van der Waals surface area contributed by atoms with Gasteiger partial charge < -0.3 is 19.4 Å². The third kappa shape index (κ3) is 3.02. The van der Waals surface area contributed by atoms with Crippen molar-refractivity contribution in [1.29, 1.82) is 0 Å². The van der Waals surface area contributed by atoms with Crippen LogP contribution in [-0.2, 0) is 16.1 Å². The molecule has 0 bridgehead atoms. The maximum atomic E-state index is 12.1. The predicted molar refractivity (Wildman–Crippen MR) is 83.6 cm³/mol. The van der Waals surface area contributed by atoms with Crippen LogP contribution >= 0.6 is 0 Å². The zero-order valence-electron chi connectivity index (χ0n) is 12.7. The molecule has 0 radical (unpaired) electrons. The maximum Gasteiger partial charge on any atom is 0.355 e. The number of esters is 2. The van der Waals surface area contributed by atoms with E-state index in [4.69, 9.17) is 4.74 Å². The topological polar surface area (TPSA) is 114 Å². The average Bonchev–Trinajstić information content (AvgIpc) is 3.13. The number of hydrogen-bond acceptors (Lipinski definition) is 6. The first-order valence-corrected chi connectivity index (χ1v) is 7.00. The molecule has 0 aliphatic heterocycles. The second-order valence-electron chi connectivity index (χ2n) is 4.90. The zero-order chi connectivity index (χ0) is 17.1. The summed E-state index contributed by atoms with van der Waals surface area (Å²) in [4.78, 5) is 44.9. The van der Waals surface area contributed by atoms with E-state index in [9.17, 15) is 14.4 Å². The lowest BCUT2D eigenvalue weighted by molar-refractivity contribution is 0.0456. The molecule has 24 heavy (non-hydrogen) atoms. The molecule has 0 aliphatic carbocycles. The summed E-state index contributed by atoms with van der Waals surface area (Å²) < 4.78 is 9.72. The molecule has 0 fully saturated rings. The summed E-state index contributed by atoms with van der Waals surface area (Å²) in [6.45, 7) is -0.203. The van der Waals surface area contributed by atoms with Crippen LogP contribution in [0.25, 0.3) is 10.9 Å². The maximum absolute atomic E-state index is 12.1. The quantitative estimate of drug-likeness (QED) is 0.700. The molecule has 2 heterocycles. The minimum absolute atomic E-state index is 0.175. The normalized spacial score (nSPS) is 10.5. The number of hydrogen-bond donors (Lipinski definition) is 2. The van der Waals surface area contributed by atoms with Gasteiger partial charge >= 0.3 is 11.9 Å². The van der Waals surface area contributed by atoms with Crippen molar-refractivity contribution >= 4 is 22.8 Å². The zero-order valence-corrected chi connectivity index (χ0v) is 12.7. The molecule has 122 valence electrons. The summed E-state index contributed by atoms with van der Waals surface area (Å²) >= 11 is 0. The van der Waals surface area contributed by atoms with Gasteiger partial charge in [0.1, 0.15) is 18.1 Å². The lowest BCUT2D eigenvalue weighted by Crippen LogP contribution is -2.15. The lowest BCUT2D eigenvalue weighted by Gasteiger charge is -2.05. The molecule has 2 aromatic heterocycles. The Kier molecular flexibility index (Phi) is 4.11. The molecule has 0 aliphatic rings. The Bertz CT molecular complexity index is 960. The number of fused-ring (bicyclic) bond motifs is 1. The van der Waals surface area contributed by atoms with Gasteiger partial charge in [0, 0.05) is 6.20 Å². The fourth-order valence-corrected chi connectivity index (χ4v) is 2.17. The highest BCUT2D eigenvalue weighted by atomic mass is 16.5. The van der Waals surface area contributed by atoms with Gasteiger partial charge in [-0.2, -0.15) is 0 Å². The Balaban J connectivity index is 1.87. The molecule has 1 aromatic carbocycles. The molecule has 3 rings (SSSR count). The molecule has 3 aromatic rings. The molecule has 8 nitrogen and oxygen atoms in total. The highest BCUT2D eigenvalue weighted by Crippen LogP contribution is 2.12. The van der Waals surface area contributed by atoms with E-state index in [1.165, 1.54) is 25.3 Å². The summed E-state index contributed by atoms with van der Waals surface area (Å²) in [5, 5.41) is 0.321. The van der Waals surface area contributed by atoms with E-state index < -0.39 is 11.9 Å². The number of nitrogens with zero attached hydrogens (tertiary/aromatic N) is 1. The second-order valence-corrected chi connectivity index (χ2v) is 4.90. The Morgan fingerprint density at radius 1 is 1.21 bits per heavy atom. The summed E-state index contributed by atoms with van der Waals surface area (Å²) in [5.74, 6) is -0.917. The number of rotatable bonds is 4. The summed E-state index contributed by atoms with van der Waals surface area (Å²) in [6, 6.07) is 7.66.